The minimum atomic E-state index is -3.74. The van der Waals surface area contributed by atoms with Gasteiger partial charge in [-0.05, 0) is 37.0 Å². The summed E-state index contributed by atoms with van der Waals surface area (Å²) < 4.78 is 29.1. The molecule has 170 valence electrons. The number of carbonyl (C=O) groups is 1. The minimum Gasteiger partial charge on any atom is -0.356 e. The molecule has 8 nitrogen and oxygen atoms in total. The van der Waals surface area contributed by atoms with Crippen molar-refractivity contribution < 1.29 is 17.9 Å². The first-order valence-electron chi connectivity index (χ1n) is 10.6. The number of pyridine rings is 1. The molecule has 0 spiro atoms. The molecule has 2 amide bonds. The fraction of sp³-hybridized carbons (Fsp3) is 0.455. The van der Waals surface area contributed by atoms with Crippen molar-refractivity contribution in [3.8, 4) is 0 Å². The summed E-state index contributed by atoms with van der Waals surface area (Å²) in [5.74, 6) is 0. The van der Waals surface area contributed by atoms with Crippen LogP contribution in [0.15, 0.2) is 54.9 Å². The third kappa shape index (κ3) is 10.9. The molecule has 0 saturated carbocycles. The number of nitrogens with one attached hydrogen (secondary N) is 2. The van der Waals surface area contributed by atoms with Crippen molar-refractivity contribution in [3.63, 3.8) is 0 Å². The zero-order valence-electron chi connectivity index (χ0n) is 17.7. The van der Waals surface area contributed by atoms with Crippen LogP contribution < -0.4 is 15.8 Å². The zero-order valence-corrected chi connectivity index (χ0v) is 18.5. The number of hydrogen-bond acceptors (Lipinski definition) is 5. The van der Waals surface area contributed by atoms with Gasteiger partial charge >= 0.3 is 6.03 Å². The van der Waals surface area contributed by atoms with Gasteiger partial charge in [-0.15, -0.1) is 0 Å². The molecule has 0 radical (unpaired) electrons. The number of hydrogen-bond donors (Lipinski definition) is 3. The first-order chi connectivity index (χ1) is 14.9. The fourth-order valence-corrected chi connectivity index (χ4v) is 3.81. The molecule has 1 unspecified atom stereocenters. The van der Waals surface area contributed by atoms with Gasteiger partial charge in [0.15, 0.2) is 5.44 Å². The summed E-state index contributed by atoms with van der Waals surface area (Å²) in [4.78, 5) is 15.7. The molecule has 0 fully saturated rings. The van der Waals surface area contributed by atoms with Gasteiger partial charge in [0.2, 0.25) is 10.0 Å². The number of ether oxygens (including phenoxy) is 1. The molecule has 0 saturated heterocycles. The summed E-state index contributed by atoms with van der Waals surface area (Å²) in [5, 5.41) is 10.9. The maximum atomic E-state index is 11.8. The number of nitrogens with two attached hydrogens (primary N) is 1. The molecule has 4 N–H and O–H groups in total. The minimum absolute atomic E-state index is 0.226. The summed E-state index contributed by atoms with van der Waals surface area (Å²) in [6.45, 7) is 0.835. The SMILES string of the molecule is NS(=O)(=O)C(CCCCCCCCNC(=O)Nc1ccncc1)OCc1ccccc1. The molecule has 2 rings (SSSR count). The Morgan fingerprint density at radius 1 is 0.968 bits per heavy atom. The Hall–Kier alpha value is -2.49. The number of aromatic nitrogens is 1. The zero-order chi connectivity index (χ0) is 22.4. The van der Waals surface area contributed by atoms with Crippen LogP contribution in [0.25, 0.3) is 0 Å². The van der Waals surface area contributed by atoms with Gasteiger partial charge in [-0.25, -0.2) is 18.4 Å². The number of sulfonamides is 1. The topological polar surface area (TPSA) is 123 Å². The average Bonchev–Trinajstić information content (AvgIpc) is 2.75. The summed E-state index contributed by atoms with van der Waals surface area (Å²) in [6, 6.07) is 12.7. The Balaban J connectivity index is 1.51. The van der Waals surface area contributed by atoms with Crippen molar-refractivity contribution in [2.24, 2.45) is 5.14 Å². The number of urea groups is 1. The van der Waals surface area contributed by atoms with E-state index in [2.05, 4.69) is 15.6 Å². The molecule has 0 aliphatic heterocycles. The summed E-state index contributed by atoms with van der Waals surface area (Å²) in [5.41, 5.74) is 0.646. The Bertz CT molecular complexity index is 864. The number of amides is 2. The van der Waals surface area contributed by atoms with Crippen LogP contribution in [0.4, 0.5) is 10.5 Å². The number of carbonyl (C=O) groups excluding carboxylic acids is 1. The largest absolute Gasteiger partial charge is 0.356 e. The van der Waals surface area contributed by atoms with E-state index in [4.69, 9.17) is 9.88 Å². The highest BCUT2D eigenvalue weighted by Crippen LogP contribution is 2.15. The van der Waals surface area contributed by atoms with Crippen molar-refractivity contribution in [2.45, 2.75) is 57.0 Å². The van der Waals surface area contributed by atoms with Crippen LogP contribution in [0.2, 0.25) is 0 Å². The van der Waals surface area contributed by atoms with Gasteiger partial charge in [-0.3, -0.25) is 4.98 Å². The fourth-order valence-electron chi connectivity index (χ4n) is 3.06. The Morgan fingerprint density at radius 3 is 2.29 bits per heavy atom. The van der Waals surface area contributed by atoms with Gasteiger partial charge in [-0.2, -0.15) is 0 Å². The number of anilines is 1. The molecule has 9 heteroatoms. The highest BCUT2D eigenvalue weighted by atomic mass is 32.2. The lowest BCUT2D eigenvalue weighted by molar-refractivity contribution is 0.0847. The Morgan fingerprint density at radius 2 is 1.61 bits per heavy atom. The molecule has 31 heavy (non-hydrogen) atoms. The van der Waals surface area contributed by atoms with Crippen molar-refractivity contribution in [1.82, 2.24) is 10.3 Å². The second-order valence-electron chi connectivity index (χ2n) is 7.34. The quantitative estimate of drug-likeness (QED) is 0.380. The molecule has 0 bridgehead atoms. The van der Waals surface area contributed by atoms with E-state index >= 15 is 0 Å². The van der Waals surface area contributed by atoms with Gasteiger partial charge in [0, 0.05) is 24.6 Å². The van der Waals surface area contributed by atoms with E-state index in [1.165, 1.54) is 0 Å². The van der Waals surface area contributed by atoms with Crippen LogP contribution >= 0.6 is 0 Å². The molecule has 0 aliphatic rings. The van der Waals surface area contributed by atoms with Crippen LogP contribution in [-0.4, -0.2) is 31.4 Å². The van der Waals surface area contributed by atoms with Crippen molar-refractivity contribution in [1.29, 1.82) is 0 Å². The van der Waals surface area contributed by atoms with E-state index in [-0.39, 0.29) is 12.6 Å². The number of nitrogens with zero attached hydrogens (tertiary/aromatic N) is 1. The second kappa shape index (κ2) is 13.7. The molecule has 2 aromatic rings. The number of primary sulfonamides is 1. The monoisotopic (exact) mass is 448 g/mol. The van der Waals surface area contributed by atoms with E-state index in [1.54, 1.807) is 24.5 Å². The van der Waals surface area contributed by atoms with Gasteiger partial charge < -0.3 is 15.4 Å². The first-order valence-corrected chi connectivity index (χ1v) is 12.2. The smallest absolute Gasteiger partial charge is 0.319 e. The highest BCUT2D eigenvalue weighted by molar-refractivity contribution is 7.89. The van der Waals surface area contributed by atoms with Gasteiger partial charge in [-0.1, -0.05) is 56.0 Å². The molecule has 1 aromatic heterocycles. The molecule has 0 aliphatic carbocycles. The number of rotatable bonds is 14. The molecule has 1 aromatic carbocycles. The Labute approximate surface area is 184 Å². The summed E-state index contributed by atoms with van der Waals surface area (Å²) in [7, 11) is -3.74. The van der Waals surface area contributed by atoms with Crippen LogP contribution in [-0.2, 0) is 21.4 Å². The van der Waals surface area contributed by atoms with Crippen molar-refractivity contribution in [2.75, 3.05) is 11.9 Å². The van der Waals surface area contributed by atoms with E-state index in [0.717, 1.165) is 44.1 Å². The van der Waals surface area contributed by atoms with E-state index in [0.29, 0.717) is 18.7 Å². The normalized spacial score (nSPS) is 12.3. The maximum absolute atomic E-state index is 11.8. The highest BCUT2D eigenvalue weighted by Gasteiger charge is 2.21. The molecular weight excluding hydrogens is 416 g/mol. The van der Waals surface area contributed by atoms with Crippen LogP contribution in [0.3, 0.4) is 0 Å². The third-order valence-electron chi connectivity index (χ3n) is 4.74. The molecule has 1 heterocycles. The number of benzene rings is 1. The molecule has 1 atom stereocenters. The van der Waals surface area contributed by atoms with Gasteiger partial charge in [0.25, 0.3) is 0 Å². The van der Waals surface area contributed by atoms with Crippen molar-refractivity contribution >= 4 is 21.7 Å². The predicted octanol–water partition coefficient (Wildman–Crippen LogP) is 3.77. The van der Waals surface area contributed by atoms with E-state index in [1.807, 2.05) is 30.3 Å². The lowest BCUT2D eigenvalue weighted by atomic mass is 10.1. The van der Waals surface area contributed by atoms with Crippen LogP contribution in [0.1, 0.15) is 50.5 Å². The first kappa shape index (κ1) is 24.8. The Kier molecular flexibility index (Phi) is 11.0. The van der Waals surface area contributed by atoms with E-state index < -0.39 is 15.5 Å². The lowest BCUT2D eigenvalue weighted by Crippen LogP contribution is -2.31. The standard InChI is InChI=1S/C22H32N4O4S/c23-31(28,29)21(30-18-19-10-6-5-7-11-19)12-8-3-1-2-4-9-15-25-22(27)26-20-13-16-24-17-14-20/h5-7,10-11,13-14,16-17,21H,1-4,8-9,12,15,18H2,(H2,23,28,29)(H2,24,25,26,27). The average molecular weight is 449 g/mol. The maximum Gasteiger partial charge on any atom is 0.319 e. The predicted molar refractivity (Wildman–Crippen MR) is 122 cm³/mol. The van der Waals surface area contributed by atoms with Crippen LogP contribution in [0.5, 0.6) is 0 Å². The lowest BCUT2D eigenvalue weighted by Gasteiger charge is -2.16. The molecular formula is C22H32N4O4S. The van der Waals surface area contributed by atoms with Gasteiger partial charge in [0.05, 0.1) is 6.61 Å². The van der Waals surface area contributed by atoms with Crippen molar-refractivity contribution in [3.05, 3.63) is 60.4 Å². The number of unbranched alkanes of at least 4 members (excludes halogenated alkanes) is 5. The van der Waals surface area contributed by atoms with Gasteiger partial charge in [0.1, 0.15) is 0 Å². The second-order valence-corrected chi connectivity index (χ2v) is 9.05. The summed E-state index contributed by atoms with van der Waals surface area (Å²) in [6.07, 6.45) is 9.20. The van der Waals surface area contributed by atoms with Crippen LogP contribution in [0, 0.1) is 0 Å². The van der Waals surface area contributed by atoms with E-state index in [9.17, 15) is 13.2 Å². The summed E-state index contributed by atoms with van der Waals surface area (Å²) >= 11 is 0. The third-order valence-corrected chi connectivity index (χ3v) is 5.84.